The van der Waals surface area contributed by atoms with Crippen molar-refractivity contribution >= 4 is 11.9 Å². The highest BCUT2D eigenvalue weighted by Gasteiger charge is 2.17. The molecule has 0 heterocycles. The lowest BCUT2D eigenvalue weighted by Gasteiger charge is -2.18. The Bertz CT molecular complexity index is 955. The van der Waals surface area contributed by atoms with Gasteiger partial charge in [-0.25, -0.2) is 0 Å². The molecule has 60 heavy (non-hydrogen) atoms. The third-order valence-corrected chi connectivity index (χ3v) is 11.7. The number of rotatable bonds is 49. The second-order valence-electron chi connectivity index (χ2n) is 17.8. The molecule has 0 N–H and O–H groups in total. The van der Waals surface area contributed by atoms with Crippen LogP contribution in [0.2, 0.25) is 0 Å². The Hall–Kier alpha value is -1.88. The van der Waals surface area contributed by atoms with Crippen molar-refractivity contribution in [3.8, 4) is 0 Å². The van der Waals surface area contributed by atoms with Crippen LogP contribution in [0.15, 0.2) is 36.5 Å². The van der Waals surface area contributed by atoms with Gasteiger partial charge in [-0.3, -0.25) is 9.59 Å². The van der Waals surface area contributed by atoms with Gasteiger partial charge in [-0.05, 0) is 51.4 Å². The molecule has 0 aromatic rings. The molecule has 0 aliphatic rings. The van der Waals surface area contributed by atoms with Crippen LogP contribution < -0.4 is 0 Å². The molecule has 0 saturated carbocycles. The Morgan fingerprint density at radius 2 is 0.750 bits per heavy atom. The van der Waals surface area contributed by atoms with E-state index >= 15 is 0 Å². The fraction of sp³-hybridized carbons (Fsp3) is 0.855. The van der Waals surface area contributed by atoms with E-state index in [1.165, 1.54) is 180 Å². The first kappa shape index (κ1) is 58.1. The Morgan fingerprint density at radius 1 is 0.383 bits per heavy atom. The molecule has 0 aliphatic heterocycles. The molecule has 352 valence electrons. The summed E-state index contributed by atoms with van der Waals surface area (Å²) in [6.45, 7) is 7.74. The third kappa shape index (κ3) is 48.8. The number of allylic oxidation sites excluding steroid dienone is 6. The average Bonchev–Trinajstić information content (AvgIpc) is 3.25. The highest BCUT2D eigenvalue weighted by Crippen LogP contribution is 2.16. The normalized spacial score (nSPS) is 12.4. The van der Waals surface area contributed by atoms with E-state index in [4.69, 9.17) is 14.2 Å². The number of carbonyl (C=O) groups excluding carboxylic acids is 2. The van der Waals surface area contributed by atoms with E-state index in [1.54, 1.807) is 0 Å². The highest BCUT2D eigenvalue weighted by molar-refractivity contribution is 5.70. The van der Waals surface area contributed by atoms with Crippen molar-refractivity contribution in [2.24, 2.45) is 0 Å². The summed E-state index contributed by atoms with van der Waals surface area (Å²) < 4.78 is 17.4. The van der Waals surface area contributed by atoms with Crippen LogP contribution in [0.25, 0.3) is 0 Å². The first-order valence-electron chi connectivity index (χ1n) is 26.5. The molecular weight excluding hydrogens is 741 g/mol. The van der Waals surface area contributed by atoms with Crippen LogP contribution in [0, 0.1) is 0 Å². The molecule has 0 radical (unpaired) electrons. The third-order valence-electron chi connectivity index (χ3n) is 11.7. The Labute approximate surface area is 374 Å². The fourth-order valence-corrected chi connectivity index (χ4v) is 7.76. The second kappa shape index (κ2) is 51.5. The molecule has 0 amide bonds. The first-order chi connectivity index (χ1) is 29.6. The minimum Gasteiger partial charge on any atom is -0.462 e. The zero-order valence-electron chi connectivity index (χ0n) is 40.5. The largest absolute Gasteiger partial charge is 0.462 e. The lowest BCUT2D eigenvalue weighted by atomic mass is 10.0. The molecule has 0 bridgehead atoms. The lowest BCUT2D eigenvalue weighted by molar-refractivity contribution is -0.163. The minimum atomic E-state index is -0.536. The van der Waals surface area contributed by atoms with Crippen molar-refractivity contribution in [2.45, 2.75) is 284 Å². The number of hydrogen-bond donors (Lipinski definition) is 0. The van der Waals surface area contributed by atoms with E-state index in [0.29, 0.717) is 19.4 Å². The smallest absolute Gasteiger partial charge is 0.306 e. The van der Waals surface area contributed by atoms with Crippen LogP contribution in [-0.2, 0) is 23.8 Å². The molecule has 5 nitrogen and oxygen atoms in total. The van der Waals surface area contributed by atoms with Crippen molar-refractivity contribution in [1.82, 2.24) is 0 Å². The second-order valence-corrected chi connectivity index (χ2v) is 17.8. The summed E-state index contributed by atoms with van der Waals surface area (Å²) in [6, 6.07) is 0. The zero-order chi connectivity index (χ0) is 43.5. The van der Waals surface area contributed by atoms with Gasteiger partial charge in [0.25, 0.3) is 0 Å². The molecule has 5 heteroatoms. The Kier molecular flexibility index (Phi) is 49.9. The van der Waals surface area contributed by atoms with Gasteiger partial charge in [0.2, 0.25) is 0 Å². The highest BCUT2D eigenvalue weighted by atomic mass is 16.6. The van der Waals surface area contributed by atoms with Crippen LogP contribution in [0.1, 0.15) is 278 Å². The maximum Gasteiger partial charge on any atom is 0.306 e. The van der Waals surface area contributed by atoms with E-state index in [9.17, 15) is 9.59 Å². The van der Waals surface area contributed by atoms with E-state index in [-0.39, 0.29) is 25.2 Å². The summed E-state index contributed by atoms with van der Waals surface area (Å²) in [6.07, 6.45) is 61.6. The van der Waals surface area contributed by atoms with Gasteiger partial charge in [0, 0.05) is 19.4 Å². The molecule has 0 saturated heterocycles. The predicted octanol–water partition coefficient (Wildman–Crippen LogP) is 17.8. The van der Waals surface area contributed by atoms with E-state index in [0.717, 1.165) is 64.2 Å². The number of carbonyl (C=O) groups is 2. The van der Waals surface area contributed by atoms with Gasteiger partial charge < -0.3 is 14.2 Å². The minimum absolute atomic E-state index is 0.0823. The molecule has 0 aromatic heterocycles. The molecule has 0 spiro atoms. The number of esters is 2. The lowest BCUT2D eigenvalue weighted by Crippen LogP contribution is -2.30. The van der Waals surface area contributed by atoms with Gasteiger partial charge >= 0.3 is 11.9 Å². The zero-order valence-corrected chi connectivity index (χ0v) is 40.5. The number of ether oxygens (including phenoxy) is 3. The number of unbranched alkanes of at least 4 members (excludes halogenated alkanes) is 32. The van der Waals surface area contributed by atoms with Crippen LogP contribution in [0.5, 0.6) is 0 Å². The van der Waals surface area contributed by atoms with Gasteiger partial charge in [0.15, 0.2) is 6.10 Å². The summed E-state index contributed by atoms with van der Waals surface area (Å²) in [5.41, 5.74) is 0. The number of hydrogen-bond acceptors (Lipinski definition) is 5. The summed E-state index contributed by atoms with van der Waals surface area (Å²) in [4.78, 5) is 25.4. The van der Waals surface area contributed by atoms with Gasteiger partial charge in [0.1, 0.15) is 6.61 Å². The van der Waals surface area contributed by atoms with Crippen LogP contribution in [0.3, 0.4) is 0 Å². The van der Waals surface area contributed by atoms with Crippen molar-refractivity contribution < 1.29 is 23.8 Å². The van der Waals surface area contributed by atoms with Crippen LogP contribution in [0.4, 0.5) is 0 Å². The molecule has 1 atom stereocenters. The standard InChI is InChI=1S/C55H102O5/c1-4-7-10-13-16-19-22-24-26-27-28-30-32-35-38-41-44-47-50-58-51-53(60-55(57)49-46-43-40-37-33-21-18-15-12-9-6-3)52-59-54(56)48-45-42-39-36-34-31-29-25-23-20-17-14-11-8-5-2/h8,11,17,20,25,29,53H,4-7,9-10,12-16,18-19,21-24,26-28,30-52H2,1-3H3/b11-8-,20-17-,29-25-. The van der Waals surface area contributed by atoms with Crippen LogP contribution in [-0.4, -0.2) is 37.9 Å². The van der Waals surface area contributed by atoms with E-state index < -0.39 is 6.10 Å². The van der Waals surface area contributed by atoms with E-state index in [2.05, 4.69) is 57.2 Å². The van der Waals surface area contributed by atoms with Crippen molar-refractivity contribution in [3.63, 3.8) is 0 Å². The van der Waals surface area contributed by atoms with Crippen molar-refractivity contribution in [2.75, 3.05) is 19.8 Å². The SMILES string of the molecule is CC/C=C\C/C=C\C/C=C\CCCCCCCC(=O)OCC(COCCCCCCCCCCCCCCCCCCCC)OC(=O)CCCCCCCCCCCCC. The van der Waals surface area contributed by atoms with Crippen molar-refractivity contribution in [3.05, 3.63) is 36.5 Å². The summed E-state index contributed by atoms with van der Waals surface area (Å²) in [7, 11) is 0. The van der Waals surface area contributed by atoms with Gasteiger partial charge in [-0.1, -0.05) is 250 Å². The topological polar surface area (TPSA) is 61.8 Å². The Morgan fingerprint density at radius 3 is 1.20 bits per heavy atom. The van der Waals surface area contributed by atoms with Crippen LogP contribution >= 0.6 is 0 Å². The maximum absolute atomic E-state index is 12.8. The van der Waals surface area contributed by atoms with Gasteiger partial charge in [0.05, 0.1) is 6.61 Å². The summed E-state index contributed by atoms with van der Waals surface area (Å²) in [5.74, 6) is -0.402. The predicted molar refractivity (Wildman–Crippen MR) is 261 cm³/mol. The molecular formula is C55H102O5. The first-order valence-corrected chi connectivity index (χ1v) is 26.5. The summed E-state index contributed by atoms with van der Waals surface area (Å²) in [5, 5.41) is 0. The van der Waals surface area contributed by atoms with E-state index in [1.807, 2.05) is 0 Å². The van der Waals surface area contributed by atoms with Gasteiger partial charge in [-0.15, -0.1) is 0 Å². The molecule has 0 rings (SSSR count). The monoisotopic (exact) mass is 843 g/mol. The van der Waals surface area contributed by atoms with Gasteiger partial charge in [-0.2, -0.15) is 0 Å². The Balaban J connectivity index is 4.20. The maximum atomic E-state index is 12.8. The average molecular weight is 843 g/mol. The fourth-order valence-electron chi connectivity index (χ4n) is 7.76. The molecule has 0 fully saturated rings. The molecule has 0 aliphatic carbocycles. The quantitative estimate of drug-likeness (QED) is 0.0347. The molecule has 1 unspecified atom stereocenters. The van der Waals surface area contributed by atoms with Crippen molar-refractivity contribution in [1.29, 1.82) is 0 Å². The summed E-state index contributed by atoms with van der Waals surface area (Å²) >= 11 is 0. The molecule has 0 aromatic carbocycles.